The fourth-order valence-corrected chi connectivity index (χ4v) is 4.22. The number of alkyl halides is 2. The molecule has 1 saturated carbocycles. The van der Waals surface area contributed by atoms with E-state index in [1.165, 1.54) is 0 Å². The van der Waals surface area contributed by atoms with Crippen LogP contribution in [-0.4, -0.2) is 52.0 Å². The average molecular weight is 299 g/mol. The number of nitrogens with one attached hydrogen (secondary N) is 3. The molecule has 3 atom stereocenters. The Hall–Kier alpha value is -0.195. The molecule has 3 rings (SSSR count). The molecule has 0 amide bonds. The Bertz CT molecular complexity index is 331. The number of piperidine rings is 1. The minimum Gasteiger partial charge on any atom is -0.311 e. The third kappa shape index (κ3) is 3.77. The first-order valence-electron chi connectivity index (χ1n) is 8.61. The Kier molecular flexibility index (Phi) is 5.17. The average Bonchev–Trinajstić information content (AvgIpc) is 2.49. The fourth-order valence-electron chi connectivity index (χ4n) is 4.22. The van der Waals surface area contributed by atoms with E-state index in [2.05, 4.69) is 23.8 Å². The van der Waals surface area contributed by atoms with Crippen LogP contribution in [0.15, 0.2) is 0 Å². The van der Waals surface area contributed by atoms with Crippen molar-refractivity contribution >= 4 is 7.85 Å². The summed E-state index contributed by atoms with van der Waals surface area (Å²) >= 11 is 0. The molecule has 0 aromatic carbocycles. The Labute approximate surface area is 127 Å². The van der Waals surface area contributed by atoms with Gasteiger partial charge in [-0.15, -0.1) is 0 Å². The third-order valence-corrected chi connectivity index (χ3v) is 5.59. The number of rotatable bonds is 2. The molecule has 2 heterocycles. The highest BCUT2D eigenvalue weighted by atomic mass is 19.1. The molecule has 3 N–H and O–H groups in total. The molecule has 2 aliphatic heterocycles. The molecule has 6 heteroatoms. The Morgan fingerprint density at radius 3 is 2.10 bits per heavy atom. The predicted molar refractivity (Wildman–Crippen MR) is 83.7 cm³/mol. The first kappa shape index (κ1) is 15.7. The minimum absolute atomic E-state index is 0.0590. The molecule has 3 nitrogen and oxygen atoms in total. The van der Waals surface area contributed by atoms with E-state index in [-0.39, 0.29) is 12.2 Å². The molecule has 120 valence electrons. The maximum absolute atomic E-state index is 14.6. The Morgan fingerprint density at radius 2 is 1.48 bits per heavy atom. The van der Waals surface area contributed by atoms with Crippen molar-refractivity contribution in [2.45, 2.75) is 62.5 Å². The molecule has 3 unspecified atom stereocenters. The van der Waals surface area contributed by atoms with Crippen LogP contribution in [0.2, 0.25) is 5.82 Å². The van der Waals surface area contributed by atoms with Crippen molar-refractivity contribution in [3.05, 3.63) is 0 Å². The second-order valence-electron chi connectivity index (χ2n) is 7.36. The van der Waals surface area contributed by atoms with Gasteiger partial charge in [0.05, 0.1) is 6.17 Å². The van der Waals surface area contributed by atoms with Crippen LogP contribution in [0.1, 0.15) is 32.1 Å². The van der Waals surface area contributed by atoms with Gasteiger partial charge in [0.2, 0.25) is 0 Å². The molecular formula is C15H28BF2N3. The molecule has 0 spiro atoms. The summed E-state index contributed by atoms with van der Waals surface area (Å²) in [5.74, 6) is 1.27. The van der Waals surface area contributed by atoms with Crippen LogP contribution in [0.25, 0.3) is 0 Å². The van der Waals surface area contributed by atoms with Crippen molar-refractivity contribution in [2.75, 3.05) is 19.6 Å². The Morgan fingerprint density at radius 1 is 0.810 bits per heavy atom. The zero-order chi connectivity index (χ0) is 14.8. The smallest absolute Gasteiger partial charge is 0.116 e. The largest absolute Gasteiger partial charge is 0.311 e. The van der Waals surface area contributed by atoms with Crippen molar-refractivity contribution in [1.82, 2.24) is 16.0 Å². The summed E-state index contributed by atoms with van der Waals surface area (Å²) in [6, 6.07) is -0.0590. The van der Waals surface area contributed by atoms with Gasteiger partial charge < -0.3 is 16.0 Å². The second kappa shape index (κ2) is 6.92. The lowest BCUT2D eigenvalue weighted by atomic mass is 9.77. The van der Waals surface area contributed by atoms with Gasteiger partial charge in [-0.2, -0.15) is 0 Å². The number of hydrogen-bond donors (Lipinski definition) is 3. The highest BCUT2D eigenvalue weighted by Gasteiger charge is 2.39. The highest BCUT2D eigenvalue weighted by Crippen LogP contribution is 2.34. The first-order valence-corrected chi connectivity index (χ1v) is 8.61. The van der Waals surface area contributed by atoms with Gasteiger partial charge in [-0.25, -0.2) is 8.78 Å². The van der Waals surface area contributed by atoms with Crippen LogP contribution in [0, 0.1) is 11.8 Å². The normalized spacial score (nSPS) is 49.0. The lowest BCUT2D eigenvalue weighted by Gasteiger charge is -2.43. The van der Waals surface area contributed by atoms with Gasteiger partial charge in [0.25, 0.3) is 0 Å². The van der Waals surface area contributed by atoms with Crippen molar-refractivity contribution in [1.29, 1.82) is 0 Å². The highest BCUT2D eigenvalue weighted by molar-refractivity contribution is 6.12. The number of hydrogen-bond acceptors (Lipinski definition) is 3. The molecule has 0 aromatic rings. The maximum Gasteiger partial charge on any atom is 0.116 e. The van der Waals surface area contributed by atoms with Gasteiger partial charge in [-0.05, 0) is 56.9 Å². The lowest BCUT2D eigenvalue weighted by molar-refractivity contribution is 0.0695. The van der Waals surface area contributed by atoms with E-state index in [4.69, 9.17) is 0 Å². The van der Waals surface area contributed by atoms with Crippen LogP contribution in [0.4, 0.5) is 8.78 Å². The van der Waals surface area contributed by atoms with Gasteiger partial charge in [0.15, 0.2) is 0 Å². The van der Waals surface area contributed by atoms with Crippen molar-refractivity contribution in [3.8, 4) is 0 Å². The quantitative estimate of drug-likeness (QED) is 0.659. The molecule has 3 fully saturated rings. The summed E-state index contributed by atoms with van der Waals surface area (Å²) in [6.45, 7) is 2.88. The van der Waals surface area contributed by atoms with Gasteiger partial charge in [0.1, 0.15) is 20.2 Å². The number of halogens is 2. The van der Waals surface area contributed by atoms with Crippen molar-refractivity contribution in [3.63, 3.8) is 0 Å². The van der Waals surface area contributed by atoms with Crippen molar-refractivity contribution < 1.29 is 8.78 Å². The van der Waals surface area contributed by atoms with Gasteiger partial charge >= 0.3 is 0 Å². The van der Waals surface area contributed by atoms with Crippen LogP contribution in [0.5, 0.6) is 0 Å². The molecule has 3 aliphatic rings. The van der Waals surface area contributed by atoms with E-state index in [0.29, 0.717) is 36.9 Å². The molecular weight excluding hydrogens is 271 g/mol. The van der Waals surface area contributed by atoms with Crippen LogP contribution in [0.3, 0.4) is 0 Å². The zero-order valence-electron chi connectivity index (χ0n) is 13.0. The van der Waals surface area contributed by atoms with E-state index >= 15 is 0 Å². The predicted octanol–water partition coefficient (Wildman–Crippen LogP) is 0.771. The van der Waals surface area contributed by atoms with Crippen LogP contribution >= 0.6 is 0 Å². The topological polar surface area (TPSA) is 36.1 Å². The van der Waals surface area contributed by atoms with Gasteiger partial charge in [-0.3, -0.25) is 0 Å². The molecule has 2 saturated heterocycles. The SMILES string of the molecule is BC1CNC(C2CNC(C3CCC(F)CC3)C(F)C2)NC1. The first-order chi connectivity index (χ1) is 10.1. The molecule has 0 radical (unpaired) electrons. The molecule has 0 aromatic heterocycles. The summed E-state index contributed by atoms with van der Waals surface area (Å²) in [7, 11) is 2.21. The summed E-state index contributed by atoms with van der Waals surface area (Å²) in [6.07, 6.45) is 2.29. The molecule has 0 bridgehead atoms. The summed E-state index contributed by atoms with van der Waals surface area (Å²) in [5, 5.41) is 10.4. The van der Waals surface area contributed by atoms with E-state index in [1.54, 1.807) is 0 Å². The van der Waals surface area contributed by atoms with Crippen molar-refractivity contribution in [2.24, 2.45) is 11.8 Å². The maximum atomic E-state index is 14.6. The fraction of sp³-hybridized carbons (Fsp3) is 1.00. The van der Waals surface area contributed by atoms with Crippen LogP contribution < -0.4 is 16.0 Å². The van der Waals surface area contributed by atoms with E-state index in [1.807, 2.05) is 0 Å². The second-order valence-corrected chi connectivity index (χ2v) is 7.36. The van der Waals surface area contributed by atoms with E-state index in [9.17, 15) is 8.78 Å². The lowest BCUT2D eigenvalue weighted by Crippen LogP contribution is -2.61. The monoisotopic (exact) mass is 299 g/mol. The summed E-state index contributed by atoms with van der Waals surface area (Å²) in [4.78, 5) is 0. The minimum atomic E-state index is -0.798. The third-order valence-electron chi connectivity index (χ3n) is 5.59. The van der Waals surface area contributed by atoms with E-state index < -0.39 is 12.3 Å². The standard InChI is InChI=1S/C15H28BF2N3/c16-11-7-20-15(21-8-11)10-5-13(18)14(19-6-10)9-1-3-12(17)4-2-9/h9-15,19-21H,1-8,16H2. The summed E-state index contributed by atoms with van der Waals surface area (Å²) < 4.78 is 27.8. The molecule has 21 heavy (non-hydrogen) atoms. The summed E-state index contributed by atoms with van der Waals surface area (Å²) in [5.41, 5.74) is 0. The zero-order valence-corrected chi connectivity index (χ0v) is 13.0. The van der Waals surface area contributed by atoms with Gasteiger partial charge in [0, 0.05) is 18.5 Å². The Balaban J connectivity index is 1.50. The van der Waals surface area contributed by atoms with Gasteiger partial charge in [-0.1, -0.05) is 0 Å². The van der Waals surface area contributed by atoms with Crippen LogP contribution in [-0.2, 0) is 0 Å². The van der Waals surface area contributed by atoms with E-state index in [0.717, 1.165) is 32.5 Å². The molecule has 1 aliphatic carbocycles.